The largest absolute Gasteiger partial charge is 0.249 e. The van der Waals surface area contributed by atoms with Crippen LogP contribution in [0.4, 0.5) is 4.39 Å². The van der Waals surface area contributed by atoms with Gasteiger partial charge in [0.15, 0.2) is 0 Å². The lowest BCUT2D eigenvalue weighted by molar-refractivity contribution is 0.631. The van der Waals surface area contributed by atoms with Crippen molar-refractivity contribution < 1.29 is 4.39 Å². The second-order valence-corrected chi connectivity index (χ2v) is 5.05. The highest BCUT2D eigenvalue weighted by Gasteiger charge is 2.18. The maximum absolute atomic E-state index is 13.8. The molecule has 88 valence electrons. The molecule has 0 N–H and O–H groups in total. The van der Waals surface area contributed by atoms with Gasteiger partial charge in [0.05, 0.1) is 0 Å². The van der Waals surface area contributed by atoms with Gasteiger partial charge in [-0.1, -0.05) is 28.1 Å². The zero-order valence-electron chi connectivity index (χ0n) is 9.47. The van der Waals surface area contributed by atoms with Crippen molar-refractivity contribution in [3.05, 3.63) is 40.8 Å². The minimum Gasteiger partial charge on any atom is -0.249 e. The Morgan fingerprint density at radius 2 is 2.06 bits per heavy atom. The molecular formula is C14H13BrFN. The SMILES string of the molecule is Fc1cccc2c(CBr)c3c(nc12)CCCC3. The lowest BCUT2D eigenvalue weighted by Crippen LogP contribution is -2.09. The average Bonchev–Trinajstić information content (AvgIpc) is 2.37. The Labute approximate surface area is 108 Å². The number of hydrogen-bond donors (Lipinski definition) is 0. The molecule has 1 aliphatic carbocycles. The first-order valence-electron chi connectivity index (χ1n) is 5.96. The number of halogens is 2. The van der Waals surface area contributed by atoms with Gasteiger partial charge in [0.1, 0.15) is 11.3 Å². The number of aromatic nitrogens is 1. The van der Waals surface area contributed by atoms with E-state index in [9.17, 15) is 4.39 Å². The van der Waals surface area contributed by atoms with Crippen LogP contribution in [-0.2, 0) is 18.2 Å². The summed E-state index contributed by atoms with van der Waals surface area (Å²) in [7, 11) is 0. The Morgan fingerprint density at radius 1 is 1.24 bits per heavy atom. The predicted molar refractivity (Wildman–Crippen MR) is 71.0 cm³/mol. The minimum absolute atomic E-state index is 0.210. The Morgan fingerprint density at radius 3 is 2.88 bits per heavy atom. The third kappa shape index (κ3) is 1.77. The number of para-hydroxylation sites is 1. The number of fused-ring (bicyclic) bond motifs is 2. The van der Waals surface area contributed by atoms with Gasteiger partial charge < -0.3 is 0 Å². The number of pyridine rings is 1. The molecule has 0 saturated carbocycles. The van der Waals surface area contributed by atoms with Gasteiger partial charge in [-0.15, -0.1) is 0 Å². The van der Waals surface area contributed by atoms with Crippen molar-refractivity contribution in [3.8, 4) is 0 Å². The second-order valence-electron chi connectivity index (χ2n) is 4.49. The van der Waals surface area contributed by atoms with E-state index >= 15 is 0 Å². The lowest BCUT2D eigenvalue weighted by atomic mass is 9.90. The molecule has 1 nitrogen and oxygen atoms in total. The third-order valence-corrected chi connectivity index (χ3v) is 4.06. The van der Waals surface area contributed by atoms with Crippen LogP contribution in [0.15, 0.2) is 18.2 Å². The highest BCUT2D eigenvalue weighted by molar-refractivity contribution is 9.08. The fourth-order valence-corrected chi connectivity index (χ4v) is 3.30. The summed E-state index contributed by atoms with van der Waals surface area (Å²) < 4.78 is 13.8. The maximum atomic E-state index is 13.8. The van der Waals surface area contributed by atoms with Crippen LogP contribution in [0.3, 0.4) is 0 Å². The van der Waals surface area contributed by atoms with E-state index in [2.05, 4.69) is 20.9 Å². The highest BCUT2D eigenvalue weighted by atomic mass is 79.9. The van der Waals surface area contributed by atoms with E-state index in [1.54, 1.807) is 6.07 Å². The van der Waals surface area contributed by atoms with Crippen molar-refractivity contribution in [1.29, 1.82) is 0 Å². The predicted octanol–water partition coefficient (Wildman–Crippen LogP) is 4.15. The van der Waals surface area contributed by atoms with E-state index in [1.807, 2.05) is 6.07 Å². The third-order valence-electron chi connectivity index (χ3n) is 3.50. The van der Waals surface area contributed by atoms with E-state index in [-0.39, 0.29) is 5.82 Å². The van der Waals surface area contributed by atoms with Crippen molar-refractivity contribution in [1.82, 2.24) is 4.98 Å². The molecule has 2 aromatic rings. The molecule has 0 unspecified atom stereocenters. The summed E-state index contributed by atoms with van der Waals surface area (Å²) in [6.45, 7) is 0. The highest BCUT2D eigenvalue weighted by Crippen LogP contribution is 2.31. The van der Waals surface area contributed by atoms with Crippen LogP contribution < -0.4 is 0 Å². The summed E-state index contributed by atoms with van der Waals surface area (Å²) >= 11 is 3.53. The molecule has 0 fully saturated rings. The van der Waals surface area contributed by atoms with Crippen LogP contribution >= 0.6 is 15.9 Å². The molecule has 0 radical (unpaired) electrons. The van der Waals surface area contributed by atoms with Crippen molar-refractivity contribution >= 4 is 26.8 Å². The first-order chi connectivity index (χ1) is 8.31. The van der Waals surface area contributed by atoms with Crippen molar-refractivity contribution in [2.75, 3.05) is 0 Å². The number of alkyl halides is 1. The molecule has 0 spiro atoms. The molecule has 0 atom stereocenters. The first-order valence-corrected chi connectivity index (χ1v) is 7.08. The molecule has 1 aliphatic rings. The summed E-state index contributed by atoms with van der Waals surface area (Å²) in [5.74, 6) is -0.210. The van der Waals surface area contributed by atoms with E-state index in [4.69, 9.17) is 0 Å². The number of hydrogen-bond acceptors (Lipinski definition) is 1. The quantitative estimate of drug-likeness (QED) is 0.720. The van der Waals surface area contributed by atoms with Crippen molar-refractivity contribution in [3.63, 3.8) is 0 Å². The summed E-state index contributed by atoms with van der Waals surface area (Å²) in [4.78, 5) is 4.53. The molecule has 3 rings (SSSR count). The monoisotopic (exact) mass is 293 g/mol. The normalized spacial score (nSPS) is 14.9. The summed E-state index contributed by atoms with van der Waals surface area (Å²) in [5, 5.41) is 1.74. The van der Waals surface area contributed by atoms with E-state index < -0.39 is 0 Å². The number of nitrogens with zero attached hydrogens (tertiary/aromatic N) is 1. The van der Waals surface area contributed by atoms with Crippen molar-refractivity contribution in [2.45, 2.75) is 31.0 Å². The number of rotatable bonds is 1. The molecule has 0 saturated heterocycles. The average molecular weight is 294 g/mol. The minimum atomic E-state index is -0.210. The van der Waals surface area contributed by atoms with Crippen LogP contribution in [0, 0.1) is 5.82 Å². The first kappa shape index (κ1) is 11.1. The van der Waals surface area contributed by atoms with Gasteiger partial charge in [0, 0.05) is 16.4 Å². The Kier molecular flexibility index (Phi) is 2.87. The summed E-state index contributed by atoms with van der Waals surface area (Å²) in [6, 6.07) is 5.22. The smallest absolute Gasteiger partial charge is 0.149 e. The van der Waals surface area contributed by atoms with Gasteiger partial charge in [-0.25, -0.2) is 9.37 Å². The van der Waals surface area contributed by atoms with E-state index in [1.165, 1.54) is 30.0 Å². The lowest BCUT2D eigenvalue weighted by Gasteiger charge is -2.19. The molecule has 1 aromatic heterocycles. The van der Waals surface area contributed by atoms with Crippen LogP contribution in [0.5, 0.6) is 0 Å². The Balaban J connectivity index is 2.39. The fourth-order valence-electron chi connectivity index (χ4n) is 2.66. The van der Waals surface area contributed by atoms with Crippen LogP contribution in [0.1, 0.15) is 29.7 Å². The van der Waals surface area contributed by atoms with Crippen molar-refractivity contribution in [2.24, 2.45) is 0 Å². The summed E-state index contributed by atoms with van der Waals surface area (Å²) in [6.07, 6.45) is 4.45. The van der Waals surface area contributed by atoms with E-state index in [0.717, 1.165) is 29.3 Å². The molecule has 1 aromatic carbocycles. The maximum Gasteiger partial charge on any atom is 0.149 e. The zero-order valence-corrected chi connectivity index (χ0v) is 11.1. The van der Waals surface area contributed by atoms with E-state index in [0.29, 0.717) is 5.52 Å². The Bertz CT molecular complexity index is 580. The van der Waals surface area contributed by atoms with Gasteiger partial charge in [0.2, 0.25) is 0 Å². The molecule has 3 heteroatoms. The zero-order chi connectivity index (χ0) is 11.8. The molecule has 0 bridgehead atoms. The van der Waals surface area contributed by atoms with Gasteiger partial charge in [0.25, 0.3) is 0 Å². The van der Waals surface area contributed by atoms with Gasteiger partial charge >= 0.3 is 0 Å². The van der Waals surface area contributed by atoms with Crippen LogP contribution in [0.2, 0.25) is 0 Å². The molecular weight excluding hydrogens is 281 g/mol. The van der Waals surface area contributed by atoms with Crippen LogP contribution in [0.25, 0.3) is 10.9 Å². The molecule has 17 heavy (non-hydrogen) atoms. The van der Waals surface area contributed by atoms with Gasteiger partial charge in [-0.3, -0.25) is 0 Å². The summed E-state index contributed by atoms with van der Waals surface area (Å²) in [5.41, 5.74) is 4.20. The molecule has 0 aliphatic heterocycles. The number of benzene rings is 1. The molecule has 0 amide bonds. The molecule has 1 heterocycles. The second kappa shape index (κ2) is 4.37. The number of aryl methyl sites for hydroxylation is 1. The fraction of sp³-hybridized carbons (Fsp3) is 0.357. The van der Waals surface area contributed by atoms with Crippen LogP contribution in [-0.4, -0.2) is 4.98 Å². The van der Waals surface area contributed by atoms with Gasteiger partial charge in [-0.05, 0) is 42.9 Å². The topological polar surface area (TPSA) is 12.9 Å². The Hall–Kier alpha value is -0.960. The van der Waals surface area contributed by atoms with Gasteiger partial charge in [-0.2, -0.15) is 0 Å². The standard InChI is InChI=1S/C14H13BrFN/c15-8-11-9-4-1-2-7-13(9)17-14-10(11)5-3-6-12(14)16/h3,5-6H,1-2,4,7-8H2.